The minimum absolute atomic E-state index is 0. The number of carbonyl (C=O) groups excluding carboxylic acids is 1. The molecule has 2 aromatic heterocycles. The molecule has 42 heavy (non-hydrogen) atoms. The molecule has 4 rings (SSSR count). The van der Waals surface area contributed by atoms with E-state index in [-0.39, 0.29) is 37.1 Å². The average Bonchev–Trinajstić information content (AvgIpc) is 2.89. The molecule has 0 saturated heterocycles. The van der Waals surface area contributed by atoms with Crippen LogP contribution >= 0.6 is 0 Å². The number of halogens is 4. The van der Waals surface area contributed by atoms with E-state index in [1.807, 2.05) is 41.5 Å². The van der Waals surface area contributed by atoms with Crippen molar-refractivity contribution in [3.05, 3.63) is 120 Å². The number of hydrogen-bond acceptors (Lipinski definition) is 4. The van der Waals surface area contributed by atoms with E-state index in [0.29, 0.717) is 22.5 Å². The second kappa shape index (κ2) is 16.1. The van der Waals surface area contributed by atoms with Gasteiger partial charge in [-0.25, -0.2) is 17.6 Å². The van der Waals surface area contributed by atoms with Crippen LogP contribution in [0.3, 0.4) is 0 Å². The molecule has 0 atom stereocenters. The smallest absolute Gasteiger partial charge is 0.164 e. The van der Waals surface area contributed by atoms with Gasteiger partial charge in [-0.1, -0.05) is 53.7 Å². The molecule has 0 aliphatic rings. The summed E-state index contributed by atoms with van der Waals surface area (Å²) in [5.74, 6) is -2.25. The Balaban J connectivity index is 0.000000312. The van der Waals surface area contributed by atoms with Crippen LogP contribution < -0.4 is 0 Å². The number of aliphatic hydroxyl groups is 1. The first-order chi connectivity index (χ1) is 19.1. The molecule has 4 aromatic rings. The third kappa shape index (κ3) is 11.7. The van der Waals surface area contributed by atoms with E-state index in [2.05, 4.69) is 9.97 Å². The van der Waals surface area contributed by atoms with Crippen LogP contribution in [0.25, 0.3) is 22.5 Å². The van der Waals surface area contributed by atoms with Crippen molar-refractivity contribution in [1.82, 2.24) is 9.97 Å². The van der Waals surface area contributed by atoms with Crippen molar-refractivity contribution in [3.63, 3.8) is 0 Å². The van der Waals surface area contributed by atoms with Crippen LogP contribution in [0.5, 0.6) is 0 Å². The summed E-state index contributed by atoms with van der Waals surface area (Å²) in [6.45, 7) is 11.1. The number of pyridine rings is 2. The number of carbonyl (C=O) groups is 1. The molecule has 0 fully saturated rings. The zero-order valence-corrected chi connectivity index (χ0v) is 26.7. The van der Waals surface area contributed by atoms with Crippen LogP contribution in [0.2, 0.25) is 0 Å². The van der Waals surface area contributed by atoms with Crippen molar-refractivity contribution >= 4 is 5.78 Å². The monoisotopic (exact) mass is 759 g/mol. The molecular weight excluding hydrogens is 725 g/mol. The molecule has 0 bridgehead atoms. The van der Waals surface area contributed by atoms with E-state index < -0.39 is 28.7 Å². The first-order valence-corrected chi connectivity index (χ1v) is 12.8. The van der Waals surface area contributed by atoms with Gasteiger partial charge in [0.1, 0.15) is 29.0 Å². The van der Waals surface area contributed by atoms with E-state index in [1.165, 1.54) is 30.3 Å². The topological polar surface area (TPSA) is 63.1 Å². The van der Waals surface area contributed by atoms with Crippen LogP contribution in [-0.4, -0.2) is 20.9 Å². The van der Waals surface area contributed by atoms with Crippen LogP contribution in [0.15, 0.2) is 97.0 Å². The number of rotatable bonds is 3. The summed E-state index contributed by atoms with van der Waals surface area (Å²) in [6, 6.07) is 17.2. The summed E-state index contributed by atoms with van der Waals surface area (Å²) in [5, 5.41) is 9.56. The Morgan fingerprint density at radius 3 is 1.36 bits per heavy atom. The predicted molar refractivity (Wildman–Crippen MR) is 154 cm³/mol. The first kappa shape index (κ1) is 36.3. The zero-order valence-electron chi connectivity index (χ0n) is 24.3. The molecule has 0 aliphatic carbocycles. The van der Waals surface area contributed by atoms with Crippen molar-refractivity contribution in [2.75, 3.05) is 0 Å². The fraction of sp³-hybridized carbons (Fsp3) is 0.242. The van der Waals surface area contributed by atoms with Gasteiger partial charge in [0.15, 0.2) is 5.78 Å². The summed E-state index contributed by atoms with van der Waals surface area (Å²) in [5.41, 5.74) is 0.870. The molecule has 4 nitrogen and oxygen atoms in total. The molecule has 1 radical (unpaired) electrons. The van der Waals surface area contributed by atoms with Gasteiger partial charge in [-0.05, 0) is 48.5 Å². The standard InChI is InChI=1S/2C11H7F2N.C11H20O2.Ir/c2*12-8-4-5-9(10(13)7-8)11-3-1-2-6-14-11;1-10(2,3)8(12)7-9(13)11(4,5)6;/h2*1-7H;7,12H,1-6H3;/b;;8-7-;. The van der Waals surface area contributed by atoms with Crippen LogP contribution in [0.4, 0.5) is 17.6 Å². The van der Waals surface area contributed by atoms with Crippen molar-refractivity contribution in [2.45, 2.75) is 41.5 Å². The van der Waals surface area contributed by atoms with E-state index in [4.69, 9.17) is 0 Å². The van der Waals surface area contributed by atoms with Gasteiger partial charge in [0.05, 0.1) is 11.4 Å². The van der Waals surface area contributed by atoms with Crippen LogP contribution in [0.1, 0.15) is 41.5 Å². The van der Waals surface area contributed by atoms with Gasteiger partial charge in [-0.3, -0.25) is 14.8 Å². The Kier molecular flexibility index (Phi) is 13.9. The third-order valence-electron chi connectivity index (χ3n) is 5.52. The third-order valence-corrected chi connectivity index (χ3v) is 5.52. The van der Waals surface area contributed by atoms with E-state index in [1.54, 1.807) is 48.8 Å². The maximum absolute atomic E-state index is 13.3. The number of aliphatic hydroxyl groups excluding tert-OH is 1. The van der Waals surface area contributed by atoms with E-state index in [9.17, 15) is 27.5 Å². The Hall–Kier alpha value is -3.68. The molecule has 0 spiro atoms. The minimum atomic E-state index is -0.594. The fourth-order valence-electron chi connectivity index (χ4n) is 3.00. The van der Waals surface area contributed by atoms with Gasteiger partial charge in [0.2, 0.25) is 0 Å². The number of hydrogen-bond donors (Lipinski definition) is 1. The second-order valence-electron chi connectivity index (χ2n) is 11.1. The van der Waals surface area contributed by atoms with Gasteiger partial charge in [0, 0.05) is 72.7 Å². The fourth-order valence-corrected chi connectivity index (χ4v) is 3.00. The van der Waals surface area contributed by atoms with Gasteiger partial charge in [0.25, 0.3) is 0 Å². The van der Waals surface area contributed by atoms with Crippen molar-refractivity contribution in [3.8, 4) is 22.5 Å². The summed E-state index contributed by atoms with van der Waals surface area (Å²) in [6.07, 6.45) is 4.47. The van der Waals surface area contributed by atoms with Gasteiger partial charge in [-0.2, -0.15) is 0 Å². The maximum atomic E-state index is 13.3. The number of aromatic nitrogens is 2. The van der Waals surface area contributed by atoms with Gasteiger partial charge in [-0.15, -0.1) is 0 Å². The average molecular weight is 759 g/mol. The van der Waals surface area contributed by atoms with E-state index in [0.717, 1.165) is 12.1 Å². The maximum Gasteiger partial charge on any atom is 0.164 e. The van der Waals surface area contributed by atoms with Gasteiger partial charge < -0.3 is 5.11 Å². The molecule has 0 amide bonds. The number of ketones is 1. The molecular formula is C33H34F4IrN2O2. The molecule has 1 N–H and O–H groups in total. The van der Waals surface area contributed by atoms with Crippen LogP contribution in [0, 0.1) is 34.1 Å². The quantitative estimate of drug-likeness (QED) is 0.129. The Bertz CT molecular complexity index is 1380. The summed E-state index contributed by atoms with van der Waals surface area (Å²) in [7, 11) is 0. The molecule has 2 heterocycles. The summed E-state index contributed by atoms with van der Waals surface area (Å²) >= 11 is 0. The SMILES string of the molecule is CC(C)(C)C(=O)/C=C(\O)C(C)(C)C.Fc1ccc(-c2ccccn2)c(F)c1.Fc1ccc(-c2ccccn2)c(F)c1.[Ir]. The number of benzene rings is 2. The largest absolute Gasteiger partial charge is 0.512 e. The minimum Gasteiger partial charge on any atom is -0.512 e. The first-order valence-electron chi connectivity index (χ1n) is 12.8. The Morgan fingerprint density at radius 2 is 1.07 bits per heavy atom. The Labute approximate surface area is 257 Å². The second-order valence-corrected chi connectivity index (χ2v) is 11.1. The van der Waals surface area contributed by atoms with Crippen molar-refractivity contribution in [1.29, 1.82) is 0 Å². The molecule has 0 unspecified atom stereocenters. The molecule has 0 aliphatic heterocycles. The van der Waals surface area contributed by atoms with Crippen molar-refractivity contribution < 1.29 is 47.6 Å². The van der Waals surface area contributed by atoms with Crippen molar-refractivity contribution in [2.24, 2.45) is 10.8 Å². The Morgan fingerprint density at radius 1 is 0.667 bits per heavy atom. The number of allylic oxidation sites excluding steroid dienone is 2. The summed E-state index contributed by atoms with van der Waals surface area (Å²) < 4.78 is 51.7. The van der Waals surface area contributed by atoms with E-state index >= 15 is 0 Å². The number of nitrogens with zero attached hydrogens (tertiary/aromatic N) is 2. The normalized spacial score (nSPS) is 11.2. The molecule has 2 aromatic carbocycles. The molecule has 225 valence electrons. The summed E-state index contributed by atoms with van der Waals surface area (Å²) in [4.78, 5) is 19.4. The zero-order chi connectivity index (χ0) is 30.8. The van der Waals surface area contributed by atoms with Gasteiger partial charge >= 0.3 is 0 Å². The van der Waals surface area contributed by atoms with Crippen LogP contribution in [-0.2, 0) is 24.9 Å². The molecule has 9 heteroatoms. The predicted octanol–water partition coefficient (Wildman–Crippen LogP) is 9.14. The molecule has 0 saturated carbocycles.